The van der Waals surface area contributed by atoms with Crippen LogP contribution in [0.25, 0.3) is 0 Å². The molecule has 0 unspecified atom stereocenters. The molecule has 0 radical (unpaired) electrons. The number of hydrogen-bond acceptors (Lipinski definition) is 5. The van der Waals surface area contributed by atoms with Gasteiger partial charge in [-0.2, -0.15) is 12.7 Å². The van der Waals surface area contributed by atoms with Gasteiger partial charge in [0.05, 0.1) is 0 Å². The van der Waals surface area contributed by atoms with Crippen LogP contribution in [0.15, 0.2) is 0 Å². The zero-order valence-corrected chi connectivity index (χ0v) is 8.92. The molecule has 0 aromatic carbocycles. The molecule has 1 rings (SSSR count). The van der Waals surface area contributed by atoms with Gasteiger partial charge in [0, 0.05) is 26.2 Å². The Morgan fingerprint density at radius 3 is 2.60 bits per heavy atom. The quantitative estimate of drug-likeness (QED) is 0.446. The summed E-state index contributed by atoms with van der Waals surface area (Å²) >= 11 is 0. The Kier molecular flexibility index (Phi) is 4.42. The van der Waals surface area contributed by atoms with Crippen LogP contribution in [0.1, 0.15) is 0 Å². The second kappa shape index (κ2) is 5.37. The number of carbonyl (C=O) groups excluding carboxylic acids is 1. The molecule has 1 saturated heterocycles. The van der Waals surface area contributed by atoms with Gasteiger partial charge in [-0.1, -0.05) is 4.89 Å². The van der Waals surface area contributed by atoms with Crippen LogP contribution in [0.2, 0.25) is 0 Å². The van der Waals surface area contributed by atoms with Crippen LogP contribution in [0, 0.1) is 0 Å². The van der Waals surface area contributed by atoms with E-state index in [0.29, 0.717) is 26.2 Å². The minimum atomic E-state index is -3.67. The van der Waals surface area contributed by atoms with E-state index in [4.69, 9.17) is 5.73 Å². The smallest absolute Gasteiger partial charge is 0.301 e. The van der Waals surface area contributed by atoms with E-state index >= 15 is 0 Å². The number of carbonyl (C=O) groups is 1. The summed E-state index contributed by atoms with van der Waals surface area (Å²) in [7, 11) is -3.67. The fraction of sp³-hybridized carbons (Fsp3) is 0.833. The van der Waals surface area contributed by atoms with Crippen LogP contribution in [-0.2, 0) is 19.8 Å². The Morgan fingerprint density at radius 1 is 1.47 bits per heavy atom. The van der Waals surface area contributed by atoms with Gasteiger partial charge < -0.3 is 11.1 Å². The van der Waals surface area contributed by atoms with Crippen molar-refractivity contribution in [2.45, 2.75) is 0 Å². The highest BCUT2D eigenvalue weighted by Gasteiger charge is 2.23. The first-order valence-electron chi connectivity index (χ1n) is 4.40. The van der Waals surface area contributed by atoms with Gasteiger partial charge in [0.15, 0.2) is 0 Å². The maximum Gasteiger partial charge on any atom is 0.301 e. The van der Waals surface area contributed by atoms with Crippen molar-refractivity contribution in [1.82, 2.24) is 14.5 Å². The standard InChI is InChI=1S/C6H14N4O4S/c7-6(11)5-14-9-15(12,13)10-3-1-8-2-4-10/h8-9H,1-5H2,(H2,7,11). The summed E-state index contributed by atoms with van der Waals surface area (Å²) in [6.45, 7) is 1.45. The van der Waals surface area contributed by atoms with Crippen LogP contribution in [-0.4, -0.2) is 51.4 Å². The van der Waals surface area contributed by atoms with Crippen molar-refractivity contribution < 1.29 is 18.0 Å². The molecule has 0 bridgehead atoms. The van der Waals surface area contributed by atoms with Gasteiger partial charge in [-0.3, -0.25) is 9.63 Å². The normalized spacial score (nSPS) is 18.9. The molecule has 0 aromatic heterocycles. The molecule has 0 spiro atoms. The van der Waals surface area contributed by atoms with Crippen LogP contribution in [0.3, 0.4) is 0 Å². The fourth-order valence-corrected chi connectivity index (χ4v) is 2.09. The first-order valence-corrected chi connectivity index (χ1v) is 5.84. The third-order valence-electron chi connectivity index (χ3n) is 1.79. The summed E-state index contributed by atoms with van der Waals surface area (Å²) in [4.78, 5) is 16.6. The summed E-state index contributed by atoms with van der Waals surface area (Å²) in [6.07, 6.45) is 0. The Morgan fingerprint density at radius 2 is 2.07 bits per heavy atom. The lowest BCUT2D eigenvalue weighted by Gasteiger charge is -2.26. The van der Waals surface area contributed by atoms with E-state index in [2.05, 4.69) is 10.2 Å². The number of primary amides is 1. The summed E-state index contributed by atoms with van der Waals surface area (Å²) in [5.41, 5.74) is 4.78. The second-order valence-corrected chi connectivity index (χ2v) is 4.63. The van der Waals surface area contributed by atoms with Gasteiger partial charge in [0.1, 0.15) is 6.61 Å². The lowest BCUT2D eigenvalue weighted by Crippen LogP contribution is -2.50. The van der Waals surface area contributed by atoms with Crippen molar-refractivity contribution in [2.75, 3.05) is 32.8 Å². The lowest BCUT2D eigenvalue weighted by molar-refractivity contribution is -0.123. The summed E-state index contributed by atoms with van der Waals surface area (Å²) in [5.74, 6) is -0.738. The van der Waals surface area contributed by atoms with E-state index in [0.717, 1.165) is 0 Å². The molecule has 8 nitrogen and oxygen atoms in total. The molecule has 1 aliphatic heterocycles. The van der Waals surface area contributed by atoms with Crippen LogP contribution in [0.4, 0.5) is 0 Å². The molecule has 88 valence electrons. The van der Waals surface area contributed by atoms with Crippen LogP contribution < -0.4 is 15.9 Å². The molecular weight excluding hydrogens is 224 g/mol. The topological polar surface area (TPSA) is 114 Å². The molecule has 0 aromatic rings. The third kappa shape index (κ3) is 4.10. The van der Waals surface area contributed by atoms with E-state index < -0.39 is 22.7 Å². The highest BCUT2D eigenvalue weighted by molar-refractivity contribution is 7.87. The third-order valence-corrected chi connectivity index (χ3v) is 3.17. The summed E-state index contributed by atoms with van der Waals surface area (Å²) < 4.78 is 24.2. The lowest BCUT2D eigenvalue weighted by atomic mass is 10.4. The number of amides is 1. The predicted molar refractivity (Wildman–Crippen MR) is 51.6 cm³/mol. The Balaban J connectivity index is 2.40. The molecule has 0 saturated carbocycles. The second-order valence-electron chi connectivity index (χ2n) is 2.99. The molecule has 1 aliphatic rings. The number of rotatable bonds is 5. The van der Waals surface area contributed by atoms with E-state index in [1.165, 1.54) is 4.31 Å². The van der Waals surface area contributed by atoms with Gasteiger partial charge in [0.2, 0.25) is 5.91 Å². The summed E-state index contributed by atoms with van der Waals surface area (Å²) in [6, 6.07) is 0. The molecule has 1 fully saturated rings. The maximum atomic E-state index is 11.5. The van der Waals surface area contributed by atoms with Gasteiger partial charge in [-0.25, -0.2) is 0 Å². The van der Waals surface area contributed by atoms with Crippen molar-refractivity contribution in [3.63, 3.8) is 0 Å². The van der Waals surface area contributed by atoms with Crippen molar-refractivity contribution in [1.29, 1.82) is 0 Å². The highest BCUT2D eigenvalue weighted by Crippen LogP contribution is 1.99. The van der Waals surface area contributed by atoms with E-state index in [-0.39, 0.29) is 0 Å². The molecule has 9 heteroatoms. The summed E-state index contributed by atoms with van der Waals surface area (Å²) in [5, 5.41) is 3.01. The van der Waals surface area contributed by atoms with Gasteiger partial charge in [-0.15, -0.1) is 0 Å². The van der Waals surface area contributed by atoms with Gasteiger partial charge >= 0.3 is 10.2 Å². The SMILES string of the molecule is NC(=O)CONS(=O)(=O)N1CCNCC1. The van der Waals surface area contributed by atoms with Crippen LogP contribution >= 0.6 is 0 Å². The van der Waals surface area contributed by atoms with Crippen molar-refractivity contribution >= 4 is 16.1 Å². The van der Waals surface area contributed by atoms with Gasteiger partial charge in [0.25, 0.3) is 0 Å². The minimum Gasteiger partial charge on any atom is -0.368 e. The average Bonchev–Trinajstić information content (AvgIpc) is 2.18. The highest BCUT2D eigenvalue weighted by atomic mass is 32.2. The minimum absolute atomic E-state index is 0.370. The monoisotopic (exact) mass is 238 g/mol. The fourth-order valence-electron chi connectivity index (χ4n) is 1.11. The Hall–Kier alpha value is -0.740. The first kappa shape index (κ1) is 12.3. The van der Waals surface area contributed by atoms with E-state index in [9.17, 15) is 13.2 Å². The number of hydrogen-bond donors (Lipinski definition) is 3. The number of nitrogens with one attached hydrogen (secondary N) is 2. The first-order chi connectivity index (χ1) is 7.02. The number of nitrogens with zero attached hydrogens (tertiary/aromatic N) is 1. The Bertz CT molecular complexity index is 311. The van der Waals surface area contributed by atoms with Crippen molar-refractivity contribution in [3.05, 3.63) is 0 Å². The maximum absolute atomic E-state index is 11.5. The molecule has 0 aliphatic carbocycles. The van der Waals surface area contributed by atoms with Crippen molar-refractivity contribution in [3.8, 4) is 0 Å². The molecule has 4 N–H and O–H groups in total. The number of piperazine rings is 1. The zero-order valence-electron chi connectivity index (χ0n) is 8.10. The largest absolute Gasteiger partial charge is 0.368 e. The molecule has 1 heterocycles. The molecule has 0 atom stereocenters. The zero-order chi connectivity index (χ0) is 11.3. The molecule has 1 amide bonds. The predicted octanol–water partition coefficient (Wildman–Crippen LogP) is -2.86. The molecule has 15 heavy (non-hydrogen) atoms. The average molecular weight is 238 g/mol. The Labute approximate surface area is 87.9 Å². The van der Waals surface area contributed by atoms with Gasteiger partial charge in [-0.05, 0) is 0 Å². The number of nitrogens with two attached hydrogens (primary N) is 1. The van der Waals surface area contributed by atoms with Crippen LogP contribution in [0.5, 0.6) is 0 Å². The van der Waals surface area contributed by atoms with Crippen molar-refractivity contribution in [2.24, 2.45) is 5.73 Å². The molecular formula is C6H14N4O4S. The van der Waals surface area contributed by atoms with E-state index in [1.54, 1.807) is 0 Å². The van der Waals surface area contributed by atoms with E-state index in [1.807, 2.05) is 4.89 Å².